The minimum absolute atomic E-state index is 0.0140. The Morgan fingerprint density at radius 3 is 2.55 bits per heavy atom. The lowest BCUT2D eigenvalue weighted by molar-refractivity contribution is 0.1000. The molecule has 0 atom stereocenters. The van der Waals surface area contributed by atoms with E-state index in [1.54, 1.807) is 0 Å². The topological polar surface area (TPSA) is 83.9 Å². The van der Waals surface area contributed by atoms with Gasteiger partial charge in [-0.1, -0.05) is 19.1 Å². The van der Waals surface area contributed by atoms with E-state index in [0.717, 1.165) is 68.2 Å². The van der Waals surface area contributed by atoms with E-state index in [2.05, 4.69) is 22.3 Å². The first kappa shape index (κ1) is 18.4. The third-order valence-corrected chi connectivity index (χ3v) is 6.93. The quantitative estimate of drug-likeness (QED) is 0.718. The molecule has 0 saturated carbocycles. The summed E-state index contributed by atoms with van der Waals surface area (Å²) in [7, 11) is 0. The molecule has 29 heavy (non-hydrogen) atoms. The second-order valence-electron chi connectivity index (χ2n) is 8.94. The van der Waals surface area contributed by atoms with Gasteiger partial charge in [0.05, 0.1) is 16.6 Å². The van der Waals surface area contributed by atoms with Gasteiger partial charge in [0.15, 0.2) is 5.65 Å². The van der Waals surface area contributed by atoms with Gasteiger partial charge >= 0.3 is 0 Å². The molecular formula is C23H28N4O2. The van der Waals surface area contributed by atoms with Crippen molar-refractivity contribution < 1.29 is 9.90 Å². The highest BCUT2D eigenvalue weighted by Crippen LogP contribution is 2.40. The van der Waals surface area contributed by atoms with Gasteiger partial charge in [0, 0.05) is 19.7 Å². The van der Waals surface area contributed by atoms with Crippen LogP contribution in [0.4, 0.5) is 5.82 Å². The average Bonchev–Trinajstić information content (AvgIpc) is 3.11. The Balaban J connectivity index is 1.80. The van der Waals surface area contributed by atoms with Crippen LogP contribution in [0.2, 0.25) is 0 Å². The summed E-state index contributed by atoms with van der Waals surface area (Å²) in [5, 5.41) is 9.79. The van der Waals surface area contributed by atoms with Gasteiger partial charge in [-0.15, -0.1) is 0 Å². The van der Waals surface area contributed by atoms with Gasteiger partial charge in [-0.25, -0.2) is 4.98 Å². The minimum atomic E-state index is -0.387. The Morgan fingerprint density at radius 2 is 1.86 bits per heavy atom. The van der Waals surface area contributed by atoms with Crippen molar-refractivity contribution in [3.8, 4) is 0 Å². The fourth-order valence-electron chi connectivity index (χ4n) is 5.11. The molecule has 1 aliphatic heterocycles. The Labute approximate surface area is 170 Å². The molecule has 1 amide bonds. The summed E-state index contributed by atoms with van der Waals surface area (Å²) in [6, 6.07) is 8.06. The lowest BCUT2D eigenvalue weighted by Gasteiger charge is -2.41. The van der Waals surface area contributed by atoms with Crippen molar-refractivity contribution >= 4 is 28.4 Å². The number of rotatable bonds is 3. The lowest BCUT2D eigenvalue weighted by Crippen LogP contribution is -2.42. The number of amides is 1. The molecule has 6 nitrogen and oxygen atoms in total. The smallest absolute Gasteiger partial charge is 0.252 e. The molecule has 6 heteroatoms. The number of carbonyl (C=O) groups excluding carboxylic acids is 1. The molecule has 3 N–H and O–H groups in total. The molecule has 5 rings (SSSR count). The first-order valence-electron chi connectivity index (χ1n) is 10.6. The first-order valence-corrected chi connectivity index (χ1v) is 10.6. The van der Waals surface area contributed by atoms with Crippen molar-refractivity contribution in [3.63, 3.8) is 0 Å². The van der Waals surface area contributed by atoms with Crippen LogP contribution in [0.15, 0.2) is 24.3 Å². The molecule has 0 unspecified atom stereocenters. The molecule has 0 bridgehead atoms. The molecule has 0 radical (unpaired) electrons. The molecule has 1 saturated heterocycles. The fraction of sp³-hybridized carbons (Fsp3) is 0.478. The average molecular weight is 393 g/mol. The Bertz CT molecular complexity index is 1110. The molecule has 3 aromatic rings. The van der Waals surface area contributed by atoms with Crippen LogP contribution in [-0.4, -0.2) is 40.1 Å². The molecule has 2 aliphatic rings. The number of aliphatic hydroxyl groups is 1. The minimum Gasteiger partial charge on any atom is -0.396 e. The lowest BCUT2D eigenvalue weighted by atomic mass is 9.81. The van der Waals surface area contributed by atoms with Gasteiger partial charge in [0.25, 0.3) is 5.91 Å². The monoisotopic (exact) mass is 392 g/mol. The Hall–Kier alpha value is -2.60. The second-order valence-corrected chi connectivity index (χ2v) is 8.94. The van der Waals surface area contributed by atoms with E-state index in [0.29, 0.717) is 11.2 Å². The zero-order valence-corrected chi connectivity index (χ0v) is 16.9. The van der Waals surface area contributed by atoms with Gasteiger partial charge in [0.1, 0.15) is 5.82 Å². The predicted molar refractivity (Wildman–Crippen MR) is 114 cm³/mol. The SMILES string of the molecule is CC1(CO)CCN(c2c3c(c(C(N)=O)c4nc5ccccc5n24)CCCC3)CC1. The zero-order valence-electron chi connectivity index (χ0n) is 16.9. The number of aliphatic hydroxyl groups excluding tert-OH is 1. The summed E-state index contributed by atoms with van der Waals surface area (Å²) in [6.45, 7) is 4.17. The number of imidazole rings is 1. The molecule has 0 spiro atoms. The van der Waals surface area contributed by atoms with Crippen LogP contribution in [0.3, 0.4) is 0 Å². The maximum atomic E-state index is 12.5. The molecule has 1 aliphatic carbocycles. The second kappa shape index (κ2) is 6.73. The Kier molecular flexibility index (Phi) is 4.28. The number of fused-ring (bicyclic) bond motifs is 4. The normalized spacial score (nSPS) is 18.9. The van der Waals surface area contributed by atoms with Crippen LogP contribution < -0.4 is 10.6 Å². The van der Waals surface area contributed by atoms with Crippen molar-refractivity contribution in [2.45, 2.75) is 45.4 Å². The number of nitrogens with zero attached hydrogens (tertiary/aromatic N) is 3. The van der Waals surface area contributed by atoms with Crippen molar-refractivity contribution in [3.05, 3.63) is 41.0 Å². The number of anilines is 1. The van der Waals surface area contributed by atoms with Crippen LogP contribution in [-0.2, 0) is 12.8 Å². The van der Waals surface area contributed by atoms with Gasteiger partial charge in [-0.2, -0.15) is 0 Å². The molecule has 2 aromatic heterocycles. The maximum Gasteiger partial charge on any atom is 0.252 e. The number of primary amides is 1. The summed E-state index contributed by atoms with van der Waals surface area (Å²) in [5.41, 5.74) is 11.4. The number of aromatic nitrogens is 2. The predicted octanol–water partition coefficient (Wildman–Crippen LogP) is 3.06. The van der Waals surface area contributed by atoms with E-state index in [9.17, 15) is 9.90 Å². The number of carbonyl (C=O) groups is 1. The van der Waals surface area contributed by atoms with Gasteiger partial charge < -0.3 is 15.7 Å². The fourth-order valence-corrected chi connectivity index (χ4v) is 5.11. The number of para-hydroxylation sites is 2. The van der Waals surface area contributed by atoms with Gasteiger partial charge in [-0.3, -0.25) is 9.20 Å². The molecule has 1 fully saturated rings. The van der Waals surface area contributed by atoms with E-state index in [4.69, 9.17) is 10.7 Å². The van der Waals surface area contributed by atoms with Crippen LogP contribution in [0.1, 0.15) is 54.1 Å². The first-order chi connectivity index (χ1) is 14.0. The zero-order chi connectivity index (χ0) is 20.2. The van der Waals surface area contributed by atoms with Crippen LogP contribution in [0, 0.1) is 5.41 Å². The number of benzene rings is 1. The summed E-state index contributed by atoms with van der Waals surface area (Å²) in [5.74, 6) is 0.787. The maximum absolute atomic E-state index is 12.5. The third-order valence-electron chi connectivity index (χ3n) is 6.93. The summed E-state index contributed by atoms with van der Waals surface area (Å²) >= 11 is 0. The third kappa shape index (κ3) is 2.81. The van der Waals surface area contributed by atoms with Crippen LogP contribution in [0.25, 0.3) is 16.7 Å². The number of piperidine rings is 1. The summed E-state index contributed by atoms with van der Waals surface area (Å²) < 4.78 is 2.17. The number of hydrogen-bond acceptors (Lipinski definition) is 4. The van der Waals surface area contributed by atoms with Crippen molar-refractivity contribution in [1.82, 2.24) is 9.38 Å². The van der Waals surface area contributed by atoms with E-state index in [-0.39, 0.29) is 17.9 Å². The highest BCUT2D eigenvalue weighted by Gasteiger charge is 2.34. The standard InChI is InChI=1S/C23H28N4O2/c1-23(14-28)10-12-26(13-11-23)22-16-7-3-2-6-15(16)19(20(24)29)21-25-17-8-4-5-9-18(17)27(21)22/h4-5,8-9,28H,2-3,6-7,10-14H2,1H3,(H2,24,29). The van der Waals surface area contributed by atoms with Gasteiger partial charge in [-0.05, 0) is 67.2 Å². The largest absolute Gasteiger partial charge is 0.396 e. The van der Waals surface area contributed by atoms with E-state index >= 15 is 0 Å². The van der Waals surface area contributed by atoms with Crippen molar-refractivity contribution in [2.24, 2.45) is 11.1 Å². The van der Waals surface area contributed by atoms with Crippen LogP contribution >= 0.6 is 0 Å². The highest BCUT2D eigenvalue weighted by molar-refractivity contribution is 6.03. The molecule has 152 valence electrons. The molecule has 3 heterocycles. The highest BCUT2D eigenvalue weighted by atomic mass is 16.3. The molecular weight excluding hydrogens is 364 g/mol. The van der Waals surface area contributed by atoms with Crippen molar-refractivity contribution in [2.75, 3.05) is 24.6 Å². The Morgan fingerprint density at radius 1 is 1.17 bits per heavy atom. The number of nitrogens with two attached hydrogens (primary N) is 1. The summed E-state index contributed by atoms with van der Waals surface area (Å²) in [6.07, 6.45) is 5.93. The van der Waals surface area contributed by atoms with E-state index in [1.807, 2.05) is 18.2 Å². The number of pyridine rings is 1. The van der Waals surface area contributed by atoms with Crippen molar-refractivity contribution in [1.29, 1.82) is 0 Å². The van der Waals surface area contributed by atoms with Crippen LogP contribution in [0.5, 0.6) is 0 Å². The number of hydrogen-bond donors (Lipinski definition) is 2. The summed E-state index contributed by atoms with van der Waals surface area (Å²) in [4.78, 5) is 19.8. The van der Waals surface area contributed by atoms with Gasteiger partial charge in [0.2, 0.25) is 0 Å². The van der Waals surface area contributed by atoms with E-state index in [1.165, 1.54) is 11.4 Å². The van der Waals surface area contributed by atoms with E-state index < -0.39 is 0 Å². The molecule has 1 aromatic carbocycles.